The van der Waals surface area contributed by atoms with Crippen LogP contribution in [0.25, 0.3) is 4.96 Å². The number of carbonyl (C=O) groups is 1. The van der Waals surface area contributed by atoms with Crippen LogP contribution in [0.3, 0.4) is 0 Å². The zero-order chi connectivity index (χ0) is 15.7. The summed E-state index contributed by atoms with van der Waals surface area (Å²) in [7, 11) is 0. The van der Waals surface area contributed by atoms with Crippen LogP contribution in [0.5, 0.6) is 0 Å². The van der Waals surface area contributed by atoms with E-state index in [0.29, 0.717) is 4.88 Å². The van der Waals surface area contributed by atoms with E-state index in [9.17, 15) is 4.79 Å². The van der Waals surface area contributed by atoms with Crippen LogP contribution >= 0.6 is 22.7 Å². The number of thiazole rings is 1. The van der Waals surface area contributed by atoms with Crippen LogP contribution in [0.4, 0.5) is 5.13 Å². The van der Waals surface area contributed by atoms with Crippen molar-refractivity contribution in [1.29, 1.82) is 0 Å². The average molecular weight is 336 g/mol. The van der Waals surface area contributed by atoms with Gasteiger partial charge in [0, 0.05) is 6.54 Å². The fourth-order valence-corrected chi connectivity index (χ4v) is 3.58. The van der Waals surface area contributed by atoms with Crippen LogP contribution < -0.4 is 10.6 Å². The van der Waals surface area contributed by atoms with Crippen LogP contribution in [-0.2, 0) is 0 Å². The van der Waals surface area contributed by atoms with Crippen molar-refractivity contribution in [3.63, 3.8) is 0 Å². The van der Waals surface area contributed by atoms with Gasteiger partial charge in [-0.2, -0.15) is 5.10 Å². The third-order valence-electron chi connectivity index (χ3n) is 3.13. The smallest absolute Gasteiger partial charge is 0.263 e. The van der Waals surface area contributed by atoms with Gasteiger partial charge in [-0.05, 0) is 20.8 Å². The molecule has 0 aliphatic rings. The summed E-state index contributed by atoms with van der Waals surface area (Å²) in [6.07, 6.45) is 1.83. The molecule has 3 aromatic heterocycles. The van der Waals surface area contributed by atoms with Crippen LogP contribution in [0.15, 0.2) is 11.7 Å². The monoisotopic (exact) mass is 336 g/mol. The lowest BCUT2D eigenvalue weighted by molar-refractivity contribution is 0.0942. The Hall–Kier alpha value is -2.00. The van der Waals surface area contributed by atoms with E-state index in [0.717, 1.165) is 28.0 Å². The molecule has 1 amide bonds. The van der Waals surface area contributed by atoms with Crippen molar-refractivity contribution >= 4 is 38.7 Å². The van der Waals surface area contributed by atoms with Gasteiger partial charge in [0.05, 0.1) is 23.6 Å². The van der Waals surface area contributed by atoms with E-state index in [1.165, 1.54) is 22.7 Å². The fourth-order valence-electron chi connectivity index (χ4n) is 2.03. The van der Waals surface area contributed by atoms with Crippen LogP contribution in [0.2, 0.25) is 0 Å². The number of nitrogens with zero attached hydrogens (tertiary/aromatic N) is 4. The van der Waals surface area contributed by atoms with Gasteiger partial charge < -0.3 is 10.6 Å². The Morgan fingerprint density at radius 2 is 2.27 bits per heavy atom. The molecule has 0 bridgehead atoms. The van der Waals surface area contributed by atoms with Gasteiger partial charge in [-0.3, -0.25) is 4.79 Å². The van der Waals surface area contributed by atoms with E-state index in [-0.39, 0.29) is 11.9 Å². The number of rotatable bonds is 5. The number of carbonyl (C=O) groups excluding carboxylic acids is 1. The van der Waals surface area contributed by atoms with Gasteiger partial charge >= 0.3 is 0 Å². The molecule has 3 heterocycles. The first-order valence-corrected chi connectivity index (χ1v) is 8.59. The van der Waals surface area contributed by atoms with Gasteiger partial charge in [-0.15, -0.1) is 0 Å². The molecule has 2 N–H and O–H groups in total. The maximum absolute atomic E-state index is 12.4. The highest BCUT2D eigenvalue weighted by atomic mass is 32.1. The van der Waals surface area contributed by atoms with Gasteiger partial charge in [-0.1, -0.05) is 22.7 Å². The van der Waals surface area contributed by atoms with E-state index in [4.69, 9.17) is 0 Å². The minimum absolute atomic E-state index is 0.129. The lowest BCUT2D eigenvalue weighted by Gasteiger charge is -2.10. The highest BCUT2D eigenvalue weighted by Gasteiger charge is 2.19. The maximum atomic E-state index is 12.4. The summed E-state index contributed by atoms with van der Waals surface area (Å²) in [5.74, 6) is -0.129. The van der Waals surface area contributed by atoms with Gasteiger partial charge in [0.25, 0.3) is 5.91 Å². The molecule has 22 heavy (non-hydrogen) atoms. The predicted octanol–water partition coefficient (Wildman–Crippen LogP) is 2.48. The number of aryl methyl sites for hydroxylation is 1. The normalized spacial score (nSPS) is 12.5. The Morgan fingerprint density at radius 1 is 1.45 bits per heavy atom. The number of amides is 1. The van der Waals surface area contributed by atoms with Crippen molar-refractivity contribution in [2.24, 2.45) is 0 Å². The molecular weight excluding hydrogens is 320 g/mol. The molecule has 0 saturated heterocycles. The topological polar surface area (TPSA) is 84.2 Å². The van der Waals surface area contributed by atoms with Gasteiger partial charge in [0.1, 0.15) is 10.4 Å². The number of imidazole rings is 1. The molecule has 3 rings (SSSR count). The number of hydrogen-bond donors (Lipinski definition) is 2. The third kappa shape index (κ3) is 2.81. The summed E-state index contributed by atoms with van der Waals surface area (Å²) in [5, 5.41) is 11.0. The second-order valence-corrected chi connectivity index (χ2v) is 6.60. The summed E-state index contributed by atoms with van der Waals surface area (Å²) >= 11 is 2.83. The summed E-state index contributed by atoms with van der Waals surface area (Å²) < 4.78 is 1.71. The molecule has 0 unspecified atom stereocenters. The first-order chi connectivity index (χ1) is 10.6. The Kier molecular flexibility index (Phi) is 4.08. The second-order valence-electron chi connectivity index (χ2n) is 4.79. The zero-order valence-electron chi connectivity index (χ0n) is 12.5. The Bertz CT molecular complexity index is 776. The second kappa shape index (κ2) is 6.01. The van der Waals surface area contributed by atoms with Crippen LogP contribution in [-0.4, -0.2) is 32.0 Å². The molecule has 3 aromatic rings. The number of nitrogens with one attached hydrogen (secondary N) is 2. The van der Waals surface area contributed by atoms with Crippen molar-refractivity contribution in [2.45, 2.75) is 26.8 Å². The Balaban J connectivity index is 1.74. The van der Waals surface area contributed by atoms with Crippen LogP contribution in [0.1, 0.15) is 40.9 Å². The SMILES string of the molecule is CCNc1nc(C)c(C(=O)N[C@H](C)c2cn3ncsc3n2)s1. The largest absolute Gasteiger partial charge is 0.362 e. The summed E-state index contributed by atoms with van der Waals surface area (Å²) in [6, 6.07) is -0.189. The van der Waals surface area contributed by atoms with Crippen LogP contribution in [0, 0.1) is 6.92 Å². The maximum Gasteiger partial charge on any atom is 0.263 e. The van der Waals surface area contributed by atoms with Crippen molar-refractivity contribution in [3.8, 4) is 0 Å². The molecule has 0 aliphatic carbocycles. The lowest BCUT2D eigenvalue weighted by atomic mass is 10.2. The molecule has 0 aliphatic heterocycles. The number of fused-ring (bicyclic) bond motifs is 1. The number of hydrogen-bond acceptors (Lipinski definition) is 7. The van der Waals surface area contributed by atoms with E-state index in [1.807, 2.05) is 27.0 Å². The summed E-state index contributed by atoms with van der Waals surface area (Å²) in [4.78, 5) is 22.7. The average Bonchev–Trinajstić information content (AvgIpc) is 3.12. The molecule has 0 fully saturated rings. The Morgan fingerprint density at radius 3 is 3.00 bits per heavy atom. The van der Waals surface area contributed by atoms with Gasteiger partial charge in [-0.25, -0.2) is 14.5 Å². The minimum Gasteiger partial charge on any atom is -0.362 e. The van der Waals surface area contributed by atoms with E-state index >= 15 is 0 Å². The molecule has 7 nitrogen and oxygen atoms in total. The predicted molar refractivity (Wildman–Crippen MR) is 87.8 cm³/mol. The number of anilines is 1. The van der Waals surface area contributed by atoms with Gasteiger partial charge in [0.2, 0.25) is 4.96 Å². The quantitative estimate of drug-likeness (QED) is 0.748. The van der Waals surface area contributed by atoms with E-state index in [2.05, 4.69) is 25.7 Å². The molecule has 0 saturated carbocycles. The summed E-state index contributed by atoms with van der Waals surface area (Å²) in [6.45, 7) is 6.53. The molecular formula is C13H16N6OS2. The molecule has 0 radical (unpaired) electrons. The molecule has 9 heteroatoms. The first-order valence-electron chi connectivity index (χ1n) is 6.89. The highest BCUT2D eigenvalue weighted by molar-refractivity contribution is 7.17. The van der Waals surface area contributed by atoms with Crippen molar-refractivity contribution in [1.82, 2.24) is 24.9 Å². The number of aromatic nitrogens is 4. The Labute approximate surface area is 135 Å². The van der Waals surface area contributed by atoms with Crippen molar-refractivity contribution < 1.29 is 4.79 Å². The fraction of sp³-hybridized carbons (Fsp3) is 0.385. The van der Waals surface area contributed by atoms with Crippen molar-refractivity contribution in [2.75, 3.05) is 11.9 Å². The third-order valence-corrected chi connectivity index (χ3v) is 4.93. The first kappa shape index (κ1) is 14.9. The van der Waals surface area contributed by atoms with Crippen molar-refractivity contribution in [3.05, 3.63) is 28.0 Å². The highest BCUT2D eigenvalue weighted by Crippen LogP contribution is 2.23. The molecule has 0 aromatic carbocycles. The van der Waals surface area contributed by atoms with E-state index in [1.54, 1.807) is 10.0 Å². The lowest BCUT2D eigenvalue weighted by Crippen LogP contribution is -2.26. The van der Waals surface area contributed by atoms with Gasteiger partial charge in [0.15, 0.2) is 5.13 Å². The zero-order valence-corrected chi connectivity index (χ0v) is 14.1. The molecule has 0 spiro atoms. The standard InChI is InChI=1S/C13H16N6OS2/c1-4-14-12-17-8(3)10(22-12)11(20)16-7(2)9-5-19-13(18-9)21-6-15-19/h5-7H,4H2,1-3H3,(H,14,17)(H,16,20)/t7-/m1/s1. The summed E-state index contributed by atoms with van der Waals surface area (Å²) in [5.41, 5.74) is 3.26. The minimum atomic E-state index is -0.189. The molecule has 116 valence electrons. The molecule has 1 atom stereocenters. The van der Waals surface area contributed by atoms with E-state index < -0.39 is 0 Å².